The van der Waals surface area contributed by atoms with Crippen molar-refractivity contribution in [3.8, 4) is 5.75 Å². The molecule has 1 aromatic carbocycles. The maximum Gasteiger partial charge on any atom is 0.119 e. The number of hydrogen-bond acceptors (Lipinski definition) is 3. The summed E-state index contributed by atoms with van der Waals surface area (Å²) in [5.41, 5.74) is 2.74. The summed E-state index contributed by atoms with van der Waals surface area (Å²) in [6, 6.07) is 7.07. The minimum Gasteiger partial charge on any atom is -0.492 e. The Hall–Kier alpha value is -0.770. The highest BCUT2D eigenvalue weighted by Gasteiger charge is 2.17. The van der Waals surface area contributed by atoms with Gasteiger partial charge in [-0.2, -0.15) is 0 Å². The zero-order valence-electron chi connectivity index (χ0n) is 13.7. The van der Waals surface area contributed by atoms with Crippen molar-refractivity contribution < 1.29 is 4.74 Å². The van der Waals surface area contributed by atoms with E-state index in [1.165, 1.54) is 11.1 Å². The van der Waals surface area contributed by atoms with Crippen molar-refractivity contribution >= 4 is 12.4 Å². The first-order valence-corrected chi connectivity index (χ1v) is 7.76. The summed E-state index contributed by atoms with van der Waals surface area (Å²) in [4.78, 5) is 2.49. The van der Waals surface area contributed by atoms with Crippen LogP contribution in [0.5, 0.6) is 5.75 Å². The topological polar surface area (TPSA) is 24.5 Å². The van der Waals surface area contributed by atoms with E-state index in [0.29, 0.717) is 12.0 Å². The molecule has 120 valence electrons. The van der Waals surface area contributed by atoms with Crippen LogP contribution >= 0.6 is 12.4 Å². The molecule has 3 nitrogen and oxygen atoms in total. The van der Waals surface area contributed by atoms with Crippen LogP contribution in [0.15, 0.2) is 18.2 Å². The second kappa shape index (κ2) is 8.62. The molecule has 1 aromatic rings. The fraction of sp³-hybridized carbons (Fsp3) is 0.647. The van der Waals surface area contributed by atoms with Crippen molar-refractivity contribution in [2.75, 3.05) is 32.8 Å². The predicted octanol–water partition coefficient (Wildman–Crippen LogP) is 3.21. The molecule has 4 heteroatoms. The largest absolute Gasteiger partial charge is 0.492 e. The Morgan fingerprint density at radius 1 is 1.38 bits per heavy atom. The quantitative estimate of drug-likeness (QED) is 0.903. The van der Waals surface area contributed by atoms with Gasteiger partial charge in [0, 0.05) is 32.2 Å². The molecule has 21 heavy (non-hydrogen) atoms. The molecule has 1 heterocycles. The van der Waals surface area contributed by atoms with E-state index in [4.69, 9.17) is 4.74 Å². The van der Waals surface area contributed by atoms with Crippen LogP contribution in [0.4, 0.5) is 0 Å². The van der Waals surface area contributed by atoms with Gasteiger partial charge in [-0.15, -0.1) is 12.4 Å². The van der Waals surface area contributed by atoms with Crippen molar-refractivity contribution in [2.24, 2.45) is 0 Å². The predicted molar refractivity (Wildman–Crippen MR) is 91.9 cm³/mol. The normalized spacial score (nSPS) is 19.4. The summed E-state index contributed by atoms with van der Waals surface area (Å²) < 4.78 is 5.91. The summed E-state index contributed by atoms with van der Waals surface area (Å²) in [6.45, 7) is 14.0. The number of rotatable bonds is 5. The van der Waals surface area contributed by atoms with Gasteiger partial charge in [-0.1, -0.05) is 19.9 Å². The summed E-state index contributed by atoms with van der Waals surface area (Å²) in [7, 11) is 0. The molecule has 1 N–H and O–H groups in total. The Bertz CT molecular complexity index is 437. The van der Waals surface area contributed by atoms with Gasteiger partial charge < -0.3 is 10.1 Å². The molecule has 2 rings (SSSR count). The van der Waals surface area contributed by atoms with E-state index in [2.05, 4.69) is 56.1 Å². The molecule has 0 spiro atoms. The van der Waals surface area contributed by atoms with Crippen LogP contribution in [0.2, 0.25) is 0 Å². The van der Waals surface area contributed by atoms with E-state index in [1.54, 1.807) is 0 Å². The Balaban J connectivity index is 0.00000220. The second-order valence-electron chi connectivity index (χ2n) is 6.11. The van der Waals surface area contributed by atoms with E-state index in [1.807, 2.05) is 0 Å². The summed E-state index contributed by atoms with van der Waals surface area (Å²) in [6.07, 6.45) is 0. The van der Waals surface area contributed by atoms with Gasteiger partial charge in [0.15, 0.2) is 0 Å². The highest BCUT2D eigenvalue weighted by molar-refractivity contribution is 5.85. The number of aryl methyl sites for hydroxylation is 1. The lowest BCUT2D eigenvalue weighted by Crippen LogP contribution is -2.50. The summed E-state index contributed by atoms with van der Waals surface area (Å²) in [5.74, 6) is 1.57. The van der Waals surface area contributed by atoms with Gasteiger partial charge in [-0.05, 0) is 43.0 Å². The highest BCUT2D eigenvalue weighted by Crippen LogP contribution is 2.23. The minimum absolute atomic E-state index is 0. The smallest absolute Gasteiger partial charge is 0.119 e. The summed E-state index contributed by atoms with van der Waals surface area (Å²) >= 11 is 0. The van der Waals surface area contributed by atoms with E-state index < -0.39 is 0 Å². The number of nitrogens with one attached hydrogen (secondary N) is 1. The molecule has 1 aliphatic heterocycles. The van der Waals surface area contributed by atoms with Gasteiger partial charge in [-0.25, -0.2) is 0 Å². The van der Waals surface area contributed by atoms with Crippen molar-refractivity contribution in [3.05, 3.63) is 29.3 Å². The van der Waals surface area contributed by atoms with Crippen LogP contribution in [-0.4, -0.2) is 43.7 Å². The van der Waals surface area contributed by atoms with Crippen molar-refractivity contribution in [1.29, 1.82) is 0 Å². The number of ether oxygens (including phenoxy) is 1. The van der Waals surface area contributed by atoms with Crippen LogP contribution < -0.4 is 10.1 Å². The molecule has 1 unspecified atom stereocenters. The van der Waals surface area contributed by atoms with E-state index >= 15 is 0 Å². The third-order valence-corrected chi connectivity index (χ3v) is 4.15. The highest BCUT2D eigenvalue weighted by atomic mass is 35.5. The lowest BCUT2D eigenvalue weighted by Gasteiger charge is -2.33. The molecule has 1 atom stereocenters. The van der Waals surface area contributed by atoms with Gasteiger partial charge in [0.05, 0.1) is 0 Å². The first-order chi connectivity index (χ1) is 9.58. The molecule has 1 saturated heterocycles. The number of benzene rings is 1. The standard InChI is InChI=1S/C17H28N2O.ClH/c1-13(2)17-6-5-16(11-14(17)3)20-10-9-19-8-7-18-12-15(19)4;/h5-6,11,13,15,18H,7-10,12H2,1-4H3;1H. The van der Waals surface area contributed by atoms with Crippen molar-refractivity contribution in [2.45, 2.75) is 39.7 Å². The van der Waals surface area contributed by atoms with Crippen molar-refractivity contribution in [1.82, 2.24) is 10.2 Å². The number of piperazine rings is 1. The molecular weight excluding hydrogens is 284 g/mol. The first-order valence-electron chi connectivity index (χ1n) is 7.76. The third kappa shape index (κ3) is 5.17. The Kier molecular flexibility index (Phi) is 7.50. The molecule has 0 radical (unpaired) electrons. The first kappa shape index (κ1) is 18.3. The van der Waals surface area contributed by atoms with E-state index in [9.17, 15) is 0 Å². The average Bonchev–Trinajstić information content (AvgIpc) is 2.40. The molecule has 0 aliphatic carbocycles. The van der Waals surface area contributed by atoms with Gasteiger partial charge >= 0.3 is 0 Å². The monoisotopic (exact) mass is 312 g/mol. The zero-order valence-corrected chi connectivity index (χ0v) is 14.5. The van der Waals surface area contributed by atoms with Gasteiger partial charge in [0.2, 0.25) is 0 Å². The molecule has 1 aliphatic rings. The SMILES string of the molecule is Cc1cc(OCCN2CCNCC2C)ccc1C(C)C.Cl. The molecule has 0 aromatic heterocycles. The Labute approximate surface area is 135 Å². The second-order valence-corrected chi connectivity index (χ2v) is 6.11. The Morgan fingerprint density at radius 2 is 2.14 bits per heavy atom. The Morgan fingerprint density at radius 3 is 2.76 bits per heavy atom. The van der Waals surface area contributed by atoms with Crippen LogP contribution in [0, 0.1) is 6.92 Å². The van der Waals surface area contributed by atoms with Crippen LogP contribution in [-0.2, 0) is 0 Å². The van der Waals surface area contributed by atoms with E-state index in [-0.39, 0.29) is 12.4 Å². The van der Waals surface area contributed by atoms with E-state index in [0.717, 1.165) is 38.5 Å². The molecule has 0 amide bonds. The lowest BCUT2D eigenvalue weighted by molar-refractivity contribution is 0.143. The maximum atomic E-state index is 5.91. The average molecular weight is 313 g/mol. The maximum absolute atomic E-state index is 5.91. The van der Waals surface area contributed by atoms with Crippen molar-refractivity contribution in [3.63, 3.8) is 0 Å². The number of nitrogens with zero attached hydrogens (tertiary/aromatic N) is 1. The van der Waals surface area contributed by atoms with Crippen LogP contribution in [0.1, 0.15) is 37.8 Å². The lowest BCUT2D eigenvalue weighted by atomic mass is 9.98. The zero-order chi connectivity index (χ0) is 14.5. The number of halogens is 1. The third-order valence-electron chi connectivity index (χ3n) is 4.15. The molecule has 0 bridgehead atoms. The molecule has 0 saturated carbocycles. The minimum atomic E-state index is 0. The number of hydrogen-bond donors (Lipinski definition) is 1. The molecule has 1 fully saturated rings. The fourth-order valence-electron chi connectivity index (χ4n) is 2.88. The fourth-order valence-corrected chi connectivity index (χ4v) is 2.88. The van der Waals surface area contributed by atoms with Gasteiger partial charge in [0.1, 0.15) is 12.4 Å². The van der Waals surface area contributed by atoms with Gasteiger partial charge in [0.25, 0.3) is 0 Å². The van der Waals surface area contributed by atoms with Gasteiger partial charge in [-0.3, -0.25) is 4.90 Å². The van der Waals surface area contributed by atoms with Crippen LogP contribution in [0.3, 0.4) is 0 Å². The van der Waals surface area contributed by atoms with Crippen LogP contribution in [0.25, 0.3) is 0 Å². The molecular formula is C17H29ClN2O. The summed E-state index contributed by atoms with van der Waals surface area (Å²) in [5, 5.41) is 3.41.